The van der Waals surface area contributed by atoms with Gasteiger partial charge in [0.05, 0.1) is 6.04 Å². The number of rotatable bonds is 6. The highest BCUT2D eigenvalue weighted by Crippen LogP contribution is 2.24. The minimum Gasteiger partial charge on any atom is -0.459 e. The summed E-state index contributed by atoms with van der Waals surface area (Å²) in [6, 6.07) is 11.0. The summed E-state index contributed by atoms with van der Waals surface area (Å²) in [5.74, 6) is -3.17. The highest BCUT2D eigenvalue weighted by molar-refractivity contribution is 5.98. The van der Waals surface area contributed by atoms with Gasteiger partial charge in [-0.25, -0.2) is 8.78 Å². The van der Waals surface area contributed by atoms with Crippen molar-refractivity contribution >= 4 is 22.8 Å². The minimum absolute atomic E-state index is 0.309. The van der Waals surface area contributed by atoms with Crippen LogP contribution in [0.4, 0.5) is 8.78 Å². The average molecular weight is 400 g/mol. The lowest BCUT2D eigenvalue weighted by atomic mass is 10.0. The number of amides is 2. The molecule has 5 nitrogen and oxygen atoms in total. The molecule has 1 heterocycles. The van der Waals surface area contributed by atoms with Crippen molar-refractivity contribution in [3.8, 4) is 0 Å². The van der Waals surface area contributed by atoms with E-state index in [0.29, 0.717) is 11.3 Å². The first kappa shape index (κ1) is 20.5. The van der Waals surface area contributed by atoms with Crippen LogP contribution in [0.3, 0.4) is 0 Å². The Hall–Kier alpha value is -3.22. The monoisotopic (exact) mass is 400 g/mol. The lowest BCUT2D eigenvalue weighted by Gasteiger charge is -2.23. The van der Waals surface area contributed by atoms with Crippen molar-refractivity contribution in [2.45, 2.75) is 32.9 Å². The SMILES string of the molecule is CC(NC(=O)C(NC(=O)c1c(F)cccc1F)C(C)C)c1cc2ccccc2o1. The van der Waals surface area contributed by atoms with Gasteiger partial charge < -0.3 is 15.1 Å². The van der Waals surface area contributed by atoms with E-state index >= 15 is 0 Å². The summed E-state index contributed by atoms with van der Waals surface area (Å²) in [5, 5.41) is 6.14. The lowest BCUT2D eigenvalue weighted by Crippen LogP contribution is -2.50. The quantitative estimate of drug-likeness (QED) is 0.647. The van der Waals surface area contributed by atoms with E-state index < -0.39 is 41.1 Å². The Morgan fingerprint density at radius 1 is 0.931 bits per heavy atom. The van der Waals surface area contributed by atoms with E-state index in [1.807, 2.05) is 30.3 Å². The molecule has 0 aliphatic carbocycles. The first-order chi connectivity index (χ1) is 13.8. The summed E-state index contributed by atoms with van der Waals surface area (Å²) in [6.45, 7) is 5.22. The van der Waals surface area contributed by atoms with Gasteiger partial charge in [-0.15, -0.1) is 0 Å². The number of nitrogens with one attached hydrogen (secondary N) is 2. The molecule has 0 aliphatic heterocycles. The zero-order chi connectivity index (χ0) is 21.1. The Labute approximate surface area is 167 Å². The summed E-state index contributed by atoms with van der Waals surface area (Å²) < 4.78 is 33.5. The van der Waals surface area contributed by atoms with E-state index in [2.05, 4.69) is 10.6 Å². The molecule has 0 bridgehead atoms. The fraction of sp³-hybridized carbons (Fsp3) is 0.273. The van der Waals surface area contributed by atoms with Crippen LogP contribution >= 0.6 is 0 Å². The van der Waals surface area contributed by atoms with Gasteiger partial charge in [-0.05, 0) is 37.1 Å². The van der Waals surface area contributed by atoms with Crippen LogP contribution in [0.15, 0.2) is 52.9 Å². The Morgan fingerprint density at radius 3 is 2.21 bits per heavy atom. The highest BCUT2D eigenvalue weighted by atomic mass is 19.1. The van der Waals surface area contributed by atoms with Gasteiger partial charge in [0.25, 0.3) is 5.91 Å². The van der Waals surface area contributed by atoms with E-state index in [9.17, 15) is 18.4 Å². The molecular weight excluding hydrogens is 378 g/mol. The van der Waals surface area contributed by atoms with Crippen molar-refractivity contribution in [1.29, 1.82) is 0 Å². The van der Waals surface area contributed by atoms with E-state index in [-0.39, 0.29) is 5.92 Å². The number of benzene rings is 2. The van der Waals surface area contributed by atoms with Gasteiger partial charge in [0.15, 0.2) is 0 Å². The molecule has 0 radical (unpaired) electrons. The molecule has 2 unspecified atom stereocenters. The molecule has 0 spiro atoms. The molecular formula is C22H22F2N2O3. The number of para-hydroxylation sites is 1. The van der Waals surface area contributed by atoms with Crippen LogP contribution in [0.1, 0.15) is 42.9 Å². The van der Waals surface area contributed by atoms with Gasteiger partial charge in [0, 0.05) is 5.39 Å². The number of halogens is 2. The van der Waals surface area contributed by atoms with E-state index in [0.717, 1.165) is 17.5 Å². The first-order valence-corrected chi connectivity index (χ1v) is 9.31. The van der Waals surface area contributed by atoms with Crippen molar-refractivity contribution in [2.24, 2.45) is 5.92 Å². The number of carbonyl (C=O) groups excluding carboxylic acids is 2. The molecule has 3 rings (SSSR count). The number of hydrogen-bond acceptors (Lipinski definition) is 3. The molecule has 0 aliphatic rings. The van der Waals surface area contributed by atoms with Crippen LogP contribution in [0.25, 0.3) is 11.0 Å². The molecule has 29 heavy (non-hydrogen) atoms. The predicted molar refractivity (Wildman–Crippen MR) is 105 cm³/mol. The van der Waals surface area contributed by atoms with Crippen molar-refractivity contribution < 1.29 is 22.8 Å². The predicted octanol–water partition coefficient (Wildman–Crippen LogP) is 4.34. The lowest BCUT2D eigenvalue weighted by molar-refractivity contribution is -0.124. The van der Waals surface area contributed by atoms with E-state index in [1.165, 1.54) is 6.07 Å². The molecule has 3 aromatic rings. The topological polar surface area (TPSA) is 71.3 Å². The van der Waals surface area contributed by atoms with Gasteiger partial charge in [-0.3, -0.25) is 9.59 Å². The number of furan rings is 1. The molecule has 7 heteroatoms. The van der Waals surface area contributed by atoms with Crippen molar-refractivity contribution in [3.63, 3.8) is 0 Å². The Bertz CT molecular complexity index is 992. The highest BCUT2D eigenvalue weighted by Gasteiger charge is 2.28. The molecule has 2 N–H and O–H groups in total. The normalized spacial score (nSPS) is 13.3. The molecule has 152 valence electrons. The maximum Gasteiger partial charge on any atom is 0.257 e. The van der Waals surface area contributed by atoms with Gasteiger partial charge in [0.1, 0.15) is 34.6 Å². The summed E-state index contributed by atoms with van der Waals surface area (Å²) in [7, 11) is 0. The van der Waals surface area contributed by atoms with Crippen LogP contribution in [-0.4, -0.2) is 17.9 Å². The van der Waals surface area contributed by atoms with E-state index in [1.54, 1.807) is 20.8 Å². The maximum atomic E-state index is 13.9. The first-order valence-electron chi connectivity index (χ1n) is 9.31. The Balaban J connectivity index is 1.74. The maximum absolute atomic E-state index is 13.9. The minimum atomic E-state index is -0.985. The summed E-state index contributed by atoms with van der Waals surface area (Å²) >= 11 is 0. The average Bonchev–Trinajstić information content (AvgIpc) is 3.10. The summed E-state index contributed by atoms with van der Waals surface area (Å²) in [4.78, 5) is 25.2. The van der Waals surface area contributed by atoms with Gasteiger partial charge >= 0.3 is 0 Å². The fourth-order valence-corrected chi connectivity index (χ4v) is 3.05. The van der Waals surface area contributed by atoms with Crippen LogP contribution in [0.5, 0.6) is 0 Å². The van der Waals surface area contributed by atoms with Crippen molar-refractivity contribution in [1.82, 2.24) is 10.6 Å². The fourth-order valence-electron chi connectivity index (χ4n) is 3.05. The molecule has 2 amide bonds. The number of hydrogen-bond donors (Lipinski definition) is 2. The molecule has 1 aromatic heterocycles. The Kier molecular flexibility index (Phi) is 5.96. The van der Waals surface area contributed by atoms with E-state index in [4.69, 9.17) is 4.42 Å². The van der Waals surface area contributed by atoms with Gasteiger partial charge in [-0.2, -0.15) is 0 Å². The standard InChI is InChI=1S/C22H22F2N2O3/c1-12(2)20(26-21(27)19-15(23)8-6-9-16(19)24)22(28)25-13(3)18-11-14-7-4-5-10-17(14)29-18/h4-13,20H,1-3H3,(H,25,28)(H,26,27). The summed E-state index contributed by atoms with van der Waals surface area (Å²) in [6.07, 6.45) is 0. The Morgan fingerprint density at radius 2 is 1.59 bits per heavy atom. The largest absolute Gasteiger partial charge is 0.459 e. The second-order valence-corrected chi connectivity index (χ2v) is 7.21. The molecule has 2 aromatic carbocycles. The third-order valence-corrected chi connectivity index (χ3v) is 4.66. The van der Waals surface area contributed by atoms with Crippen LogP contribution in [0, 0.1) is 17.6 Å². The number of carbonyl (C=O) groups is 2. The molecule has 0 fully saturated rings. The van der Waals surface area contributed by atoms with Gasteiger partial charge in [-0.1, -0.05) is 38.1 Å². The molecule has 0 saturated carbocycles. The van der Waals surface area contributed by atoms with Crippen molar-refractivity contribution in [3.05, 3.63) is 71.5 Å². The zero-order valence-corrected chi connectivity index (χ0v) is 16.3. The third-order valence-electron chi connectivity index (χ3n) is 4.66. The smallest absolute Gasteiger partial charge is 0.257 e. The summed E-state index contributed by atoms with van der Waals surface area (Å²) in [5.41, 5.74) is -0.0105. The van der Waals surface area contributed by atoms with Crippen LogP contribution < -0.4 is 10.6 Å². The third kappa shape index (κ3) is 4.45. The second kappa shape index (κ2) is 8.43. The van der Waals surface area contributed by atoms with Crippen molar-refractivity contribution in [2.75, 3.05) is 0 Å². The number of fused-ring (bicyclic) bond motifs is 1. The van der Waals surface area contributed by atoms with Crippen LogP contribution in [-0.2, 0) is 4.79 Å². The molecule has 0 saturated heterocycles. The zero-order valence-electron chi connectivity index (χ0n) is 16.3. The second-order valence-electron chi connectivity index (χ2n) is 7.21. The van der Waals surface area contributed by atoms with Crippen LogP contribution in [0.2, 0.25) is 0 Å². The van der Waals surface area contributed by atoms with Gasteiger partial charge in [0.2, 0.25) is 5.91 Å². The molecule has 2 atom stereocenters.